The molecule has 4 heteroatoms. The number of unbranched alkanes of at least 4 members (excludes halogenated alkanes) is 5. The van der Waals surface area contributed by atoms with Crippen LogP contribution in [-0.2, 0) is 19.1 Å². The van der Waals surface area contributed by atoms with E-state index in [9.17, 15) is 9.59 Å². The number of hydrogen-bond donors (Lipinski definition) is 0. The van der Waals surface area contributed by atoms with Gasteiger partial charge in [-0.05, 0) is 44.4 Å². The summed E-state index contributed by atoms with van der Waals surface area (Å²) in [7, 11) is 0. The van der Waals surface area contributed by atoms with E-state index in [0.717, 1.165) is 44.9 Å². The van der Waals surface area contributed by atoms with Crippen molar-refractivity contribution in [3.63, 3.8) is 0 Å². The molecule has 1 fully saturated rings. The van der Waals surface area contributed by atoms with Crippen molar-refractivity contribution in [1.29, 1.82) is 0 Å². The number of esters is 2. The molecular weight excluding hydrogens is 328 g/mol. The first-order chi connectivity index (χ1) is 12.5. The van der Waals surface area contributed by atoms with Crippen LogP contribution in [0.25, 0.3) is 0 Å². The van der Waals surface area contributed by atoms with Crippen molar-refractivity contribution in [2.24, 2.45) is 17.8 Å². The minimum atomic E-state index is -0.130. The smallest absolute Gasteiger partial charge is 0.308 e. The second-order valence-corrected chi connectivity index (χ2v) is 8.20. The van der Waals surface area contributed by atoms with Gasteiger partial charge in [0.2, 0.25) is 0 Å². The molecule has 0 N–H and O–H groups in total. The fraction of sp³-hybridized carbons (Fsp3) is 0.909. The lowest BCUT2D eigenvalue weighted by Gasteiger charge is -2.26. The maximum Gasteiger partial charge on any atom is 0.308 e. The molecule has 0 aromatic carbocycles. The number of carbonyl (C=O) groups is 2. The summed E-state index contributed by atoms with van der Waals surface area (Å²) in [5.41, 5.74) is 0. The highest BCUT2D eigenvalue weighted by Gasteiger charge is 2.32. The average Bonchev–Trinajstić information content (AvgIpc) is 2.64. The Labute approximate surface area is 160 Å². The van der Waals surface area contributed by atoms with Crippen LogP contribution in [0.2, 0.25) is 0 Å². The largest absolute Gasteiger partial charge is 0.465 e. The molecule has 1 rings (SSSR count). The molecule has 0 saturated heterocycles. The maximum atomic E-state index is 12.3. The molecule has 0 bridgehead atoms. The van der Waals surface area contributed by atoms with Crippen LogP contribution in [0.4, 0.5) is 0 Å². The van der Waals surface area contributed by atoms with Crippen LogP contribution in [0, 0.1) is 17.8 Å². The van der Waals surface area contributed by atoms with Crippen LogP contribution in [-0.4, -0.2) is 25.2 Å². The lowest BCUT2D eigenvalue weighted by atomic mass is 9.81. The normalized spacial score (nSPS) is 20.2. The Hall–Kier alpha value is -1.06. The summed E-state index contributed by atoms with van der Waals surface area (Å²) in [6.07, 6.45) is 12.3. The van der Waals surface area contributed by atoms with Gasteiger partial charge in [0.15, 0.2) is 0 Å². The molecule has 1 aliphatic rings. The molecule has 1 saturated carbocycles. The van der Waals surface area contributed by atoms with Gasteiger partial charge in [0.1, 0.15) is 0 Å². The Balaban J connectivity index is 2.18. The third-order valence-electron chi connectivity index (χ3n) is 5.25. The van der Waals surface area contributed by atoms with E-state index in [1.54, 1.807) is 0 Å². The molecule has 2 unspecified atom stereocenters. The molecule has 0 radical (unpaired) electrons. The van der Waals surface area contributed by atoms with Gasteiger partial charge in [-0.3, -0.25) is 9.59 Å². The van der Waals surface area contributed by atoms with E-state index in [1.807, 2.05) is 0 Å². The summed E-state index contributed by atoms with van der Waals surface area (Å²) in [5, 5.41) is 0. The van der Waals surface area contributed by atoms with E-state index in [0.29, 0.717) is 25.6 Å². The minimum absolute atomic E-state index is 0.115. The van der Waals surface area contributed by atoms with Gasteiger partial charge >= 0.3 is 11.9 Å². The monoisotopic (exact) mass is 368 g/mol. The van der Waals surface area contributed by atoms with Crippen molar-refractivity contribution >= 4 is 11.9 Å². The summed E-state index contributed by atoms with van der Waals surface area (Å²) in [5.74, 6) is 0.138. The average molecular weight is 369 g/mol. The van der Waals surface area contributed by atoms with Gasteiger partial charge in [-0.15, -0.1) is 0 Å². The van der Waals surface area contributed by atoms with Gasteiger partial charge in [0.05, 0.1) is 25.0 Å². The third kappa shape index (κ3) is 10.2. The molecule has 0 aromatic rings. The summed E-state index contributed by atoms with van der Waals surface area (Å²) in [6.45, 7) is 7.57. The standard InChI is InChI=1S/C22H40O4/c1-4-5-6-7-8-9-15-25-21(23)19-13-10-14-20(17-19)22(24)26-16-11-12-18(2)3/h18-20H,4-17H2,1-3H3. The highest BCUT2D eigenvalue weighted by Crippen LogP contribution is 2.31. The molecule has 26 heavy (non-hydrogen) atoms. The Morgan fingerprint density at radius 2 is 1.38 bits per heavy atom. The van der Waals surface area contributed by atoms with Gasteiger partial charge in [0, 0.05) is 0 Å². The zero-order valence-electron chi connectivity index (χ0n) is 17.3. The molecule has 0 heterocycles. The first-order valence-electron chi connectivity index (χ1n) is 10.9. The second-order valence-electron chi connectivity index (χ2n) is 8.20. The minimum Gasteiger partial charge on any atom is -0.465 e. The van der Waals surface area contributed by atoms with E-state index in [4.69, 9.17) is 9.47 Å². The van der Waals surface area contributed by atoms with Gasteiger partial charge in [-0.25, -0.2) is 0 Å². The number of carbonyl (C=O) groups excluding carboxylic acids is 2. The Bertz CT molecular complexity index is 392. The SMILES string of the molecule is CCCCCCCCOC(=O)C1CCCC(C(=O)OCCCC(C)C)C1. The van der Waals surface area contributed by atoms with Crippen LogP contribution in [0.1, 0.15) is 97.8 Å². The highest BCUT2D eigenvalue weighted by atomic mass is 16.5. The quantitative estimate of drug-likeness (QED) is 0.310. The van der Waals surface area contributed by atoms with Gasteiger partial charge in [-0.1, -0.05) is 59.3 Å². The first-order valence-corrected chi connectivity index (χ1v) is 10.9. The predicted octanol–water partition coefficient (Wildman–Crippen LogP) is 5.68. The van der Waals surface area contributed by atoms with E-state index in [1.165, 1.54) is 25.7 Å². The summed E-state index contributed by atoms with van der Waals surface area (Å²) >= 11 is 0. The van der Waals surface area contributed by atoms with Crippen LogP contribution in [0.15, 0.2) is 0 Å². The first kappa shape index (κ1) is 23.0. The van der Waals surface area contributed by atoms with E-state index in [-0.39, 0.29) is 23.8 Å². The van der Waals surface area contributed by atoms with E-state index < -0.39 is 0 Å². The fourth-order valence-corrected chi connectivity index (χ4v) is 3.57. The Morgan fingerprint density at radius 1 is 0.846 bits per heavy atom. The van der Waals surface area contributed by atoms with Gasteiger partial charge < -0.3 is 9.47 Å². The summed E-state index contributed by atoms with van der Waals surface area (Å²) in [6, 6.07) is 0. The van der Waals surface area contributed by atoms with Crippen molar-refractivity contribution in [1.82, 2.24) is 0 Å². The van der Waals surface area contributed by atoms with Crippen LogP contribution in [0.5, 0.6) is 0 Å². The maximum absolute atomic E-state index is 12.3. The molecule has 2 atom stereocenters. The van der Waals surface area contributed by atoms with Crippen molar-refractivity contribution in [3.05, 3.63) is 0 Å². The highest BCUT2D eigenvalue weighted by molar-refractivity contribution is 5.76. The molecule has 152 valence electrons. The number of rotatable bonds is 13. The molecule has 0 amide bonds. The van der Waals surface area contributed by atoms with Crippen LogP contribution in [0.3, 0.4) is 0 Å². The summed E-state index contributed by atoms with van der Waals surface area (Å²) < 4.78 is 10.9. The van der Waals surface area contributed by atoms with Crippen molar-refractivity contribution in [2.45, 2.75) is 97.8 Å². The third-order valence-corrected chi connectivity index (χ3v) is 5.25. The molecule has 0 aliphatic heterocycles. The zero-order valence-corrected chi connectivity index (χ0v) is 17.3. The van der Waals surface area contributed by atoms with E-state index >= 15 is 0 Å². The molecular formula is C22H40O4. The summed E-state index contributed by atoms with van der Waals surface area (Å²) in [4.78, 5) is 24.5. The topological polar surface area (TPSA) is 52.6 Å². The van der Waals surface area contributed by atoms with E-state index in [2.05, 4.69) is 20.8 Å². The van der Waals surface area contributed by atoms with Gasteiger partial charge in [0.25, 0.3) is 0 Å². The van der Waals surface area contributed by atoms with Gasteiger partial charge in [-0.2, -0.15) is 0 Å². The number of hydrogen-bond acceptors (Lipinski definition) is 4. The lowest BCUT2D eigenvalue weighted by Crippen LogP contribution is -2.30. The Morgan fingerprint density at radius 3 is 1.96 bits per heavy atom. The van der Waals surface area contributed by atoms with Crippen LogP contribution < -0.4 is 0 Å². The molecule has 0 aromatic heterocycles. The molecule has 0 spiro atoms. The van der Waals surface area contributed by atoms with Crippen molar-refractivity contribution in [3.8, 4) is 0 Å². The molecule has 4 nitrogen and oxygen atoms in total. The second kappa shape index (κ2) is 14.1. The van der Waals surface area contributed by atoms with Crippen molar-refractivity contribution in [2.75, 3.05) is 13.2 Å². The number of ether oxygens (including phenoxy) is 2. The van der Waals surface area contributed by atoms with Crippen molar-refractivity contribution < 1.29 is 19.1 Å². The fourth-order valence-electron chi connectivity index (χ4n) is 3.57. The lowest BCUT2D eigenvalue weighted by molar-refractivity contribution is -0.155. The van der Waals surface area contributed by atoms with Crippen LogP contribution >= 0.6 is 0 Å². The predicted molar refractivity (Wildman–Crippen MR) is 105 cm³/mol. The Kier molecular flexibility index (Phi) is 12.4. The zero-order chi connectivity index (χ0) is 19.2. The molecule has 1 aliphatic carbocycles.